The average molecular weight is 314 g/mol. The molecule has 0 unspecified atom stereocenters. The summed E-state index contributed by atoms with van der Waals surface area (Å²) < 4.78 is 5.55. The molecule has 0 radical (unpaired) electrons. The van der Waals surface area contributed by atoms with Gasteiger partial charge in [-0.05, 0) is 0 Å². The van der Waals surface area contributed by atoms with Crippen molar-refractivity contribution >= 4 is 15.9 Å². The third kappa shape index (κ3) is 2.34. The maximum absolute atomic E-state index is 5.55. The van der Waals surface area contributed by atoms with Gasteiger partial charge in [-0.3, -0.25) is 0 Å². The second-order valence-corrected chi connectivity index (χ2v) is 4.77. The molecule has 0 bridgehead atoms. The summed E-state index contributed by atoms with van der Waals surface area (Å²) in [6.07, 6.45) is 0. The smallest absolute Gasteiger partial charge is 0.171 e. The highest BCUT2D eigenvalue weighted by Crippen LogP contribution is 2.33. The van der Waals surface area contributed by atoms with E-state index in [0.29, 0.717) is 5.33 Å². The Labute approximate surface area is 120 Å². The minimum Gasteiger partial charge on any atom is -0.355 e. The van der Waals surface area contributed by atoms with Crippen molar-refractivity contribution in [3.05, 3.63) is 66.2 Å². The van der Waals surface area contributed by atoms with Crippen LogP contribution < -0.4 is 0 Å². The lowest BCUT2D eigenvalue weighted by Gasteiger charge is -2.00. The van der Waals surface area contributed by atoms with E-state index in [1.165, 1.54) is 0 Å². The zero-order valence-electron chi connectivity index (χ0n) is 10.2. The van der Waals surface area contributed by atoms with Crippen LogP contribution in [-0.2, 0) is 5.33 Å². The van der Waals surface area contributed by atoms with Gasteiger partial charge in [0, 0.05) is 22.0 Å². The van der Waals surface area contributed by atoms with Crippen molar-refractivity contribution in [3.8, 4) is 22.6 Å². The number of hydrogen-bond acceptors (Lipinski definition) is 2. The molecule has 0 aliphatic rings. The summed E-state index contributed by atoms with van der Waals surface area (Å²) >= 11 is 3.53. The molecule has 0 saturated heterocycles. The number of aromatic nitrogens is 1. The van der Waals surface area contributed by atoms with Crippen molar-refractivity contribution in [1.82, 2.24) is 5.16 Å². The molecule has 0 N–H and O–H groups in total. The molecule has 94 valence electrons. The fourth-order valence-electron chi connectivity index (χ4n) is 2.07. The summed E-state index contributed by atoms with van der Waals surface area (Å²) in [5.74, 6) is 0.830. The molecule has 0 amide bonds. The van der Waals surface area contributed by atoms with Crippen molar-refractivity contribution in [2.24, 2.45) is 0 Å². The van der Waals surface area contributed by atoms with E-state index in [9.17, 15) is 0 Å². The van der Waals surface area contributed by atoms with Gasteiger partial charge in [0.15, 0.2) is 5.76 Å². The monoisotopic (exact) mass is 313 g/mol. The van der Waals surface area contributed by atoms with Crippen LogP contribution in [0.2, 0.25) is 0 Å². The molecular formula is C16H12BrNO. The van der Waals surface area contributed by atoms with Gasteiger partial charge in [0.05, 0.1) is 0 Å². The van der Waals surface area contributed by atoms with Gasteiger partial charge in [0.2, 0.25) is 0 Å². The van der Waals surface area contributed by atoms with Crippen molar-refractivity contribution in [2.75, 3.05) is 0 Å². The molecule has 1 aromatic heterocycles. The van der Waals surface area contributed by atoms with Gasteiger partial charge < -0.3 is 4.52 Å². The molecule has 3 aromatic rings. The lowest BCUT2D eigenvalue weighted by Crippen LogP contribution is -1.85. The van der Waals surface area contributed by atoms with Gasteiger partial charge in [-0.15, -0.1) is 0 Å². The molecule has 2 aromatic carbocycles. The first kappa shape index (κ1) is 12.2. The highest BCUT2D eigenvalue weighted by Gasteiger charge is 2.17. The Balaban J connectivity index is 2.13. The Hall–Kier alpha value is -1.87. The zero-order chi connectivity index (χ0) is 13.1. The van der Waals surface area contributed by atoms with E-state index in [2.05, 4.69) is 21.1 Å². The maximum atomic E-state index is 5.55. The quantitative estimate of drug-likeness (QED) is 0.642. The topological polar surface area (TPSA) is 26.0 Å². The normalized spacial score (nSPS) is 10.6. The minimum absolute atomic E-state index is 0.713. The van der Waals surface area contributed by atoms with Gasteiger partial charge in [-0.25, -0.2) is 0 Å². The van der Waals surface area contributed by atoms with Crippen LogP contribution in [0.1, 0.15) is 5.56 Å². The number of rotatable bonds is 3. The van der Waals surface area contributed by atoms with Gasteiger partial charge in [-0.2, -0.15) is 0 Å². The fourth-order valence-corrected chi connectivity index (χ4v) is 2.59. The van der Waals surface area contributed by atoms with Gasteiger partial charge in [0.25, 0.3) is 0 Å². The van der Waals surface area contributed by atoms with Gasteiger partial charge >= 0.3 is 0 Å². The zero-order valence-corrected chi connectivity index (χ0v) is 11.8. The lowest BCUT2D eigenvalue weighted by molar-refractivity contribution is 0.434. The SMILES string of the molecule is BrCc1c(-c2ccccc2)noc1-c1ccccc1. The van der Waals surface area contributed by atoms with Crippen molar-refractivity contribution < 1.29 is 4.52 Å². The Morgan fingerprint density at radius 1 is 0.842 bits per heavy atom. The summed E-state index contributed by atoms with van der Waals surface area (Å²) in [5, 5.41) is 4.94. The van der Waals surface area contributed by atoms with Crippen LogP contribution in [-0.4, -0.2) is 5.16 Å². The Bertz CT molecular complexity index is 605. The molecular weight excluding hydrogens is 302 g/mol. The van der Waals surface area contributed by atoms with Crippen LogP contribution in [0.15, 0.2) is 65.2 Å². The lowest BCUT2D eigenvalue weighted by atomic mass is 10.0. The second-order valence-electron chi connectivity index (χ2n) is 4.20. The average Bonchev–Trinajstić information content (AvgIpc) is 2.93. The summed E-state index contributed by atoms with van der Waals surface area (Å²) in [7, 11) is 0. The Morgan fingerprint density at radius 2 is 1.42 bits per heavy atom. The molecule has 0 saturated carbocycles. The van der Waals surface area contributed by atoms with Crippen LogP contribution in [0.5, 0.6) is 0 Å². The van der Waals surface area contributed by atoms with E-state index < -0.39 is 0 Å². The predicted octanol–water partition coefficient (Wildman–Crippen LogP) is 4.90. The van der Waals surface area contributed by atoms with Gasteiger partial charge in [0.1, 0.15) is 5.69 Å². The number of nitrogens with zero attached hydrogens (tertiary/aromatic N) is 1. The Kier molecular flexibility index (Phi) is 3.47. The molecule has 0 aliphatic carbocycles. The van der Waals surface area contributed by atoms with Crippen LogP contribution in [0.3, 0.4) is 0 Å². The fraction of sp³-hybridized carbons (Fsp3) is 0.0625. The van der Waals surface area contributed by atoms with E-state index in [4.69, 9.17) is 4.52 Å². The number of alkyl halides is 1. The van der Waals surface area contributed by atoms with Crippen LogP contribution in [0.25, 0.3) is 22.6 Å². The maximum Gasteiger partial charge on any atom is 0.171 e. The molecule has 0 atom stereocenters. The predicted molar refractivity (Wildman–Crippen MR) is 80.0 cm³/mol. The summed E-state index contributed by atoms with van der Waals surface area (Å²) in [6.45, 7) is 0. The molecule has 1 heterocycles. The van der Waals surface area contributed by atoms with Crippen molar-refractivity contribution in [2.45, 2.75) is 5.33 Å². The molecule has 3 rings (SSSR count). The summed E-state index contributed by atoms with van der Waals surface area (Å²) in [5.41, 5.74) is 4.10. The first-order chi connectivity index (χ1) is 9.40. The Morgan fingerprint density at radius 3 is 2.00 bits per heavy atom. The highest BCUT2D eigenvalue weighted by atomic mass is 79.9. The third-order valence-electron chi connectivity index (χ3n) is 3.00. The van der Waals surface area contributed by atoms with Crippen LogP contribution in [0.4, 0.5) is 0 Å². The van der Waals surface area contributed by atoms with E-state index in [1.54, 1.807) is 0 Å². The van der Waals surface area contributed by atoms with E-state index in [1.807, 2.05) is 60.7 Å². The molecule has 0 aliphatic heterocycles. The summed E-state index contributed by atoms with van der Waals surface area (Å²) in [4.78, 5) is 0. The molecule has 0 fully saturated rings. The van der Waals surface area contributed by atoms with Gasteiger partial charge in [-0.1, -0.05) is 81.8 Å². The first-order valence-corrected chi connectivity index (χ1v) is 7.17. The van der Waals surface area contributed by atoms with Crippen molar-refractivity contribution in [3.63, 3.8) is 0 Å². The largest absolute Gasteiger partial charge is 0.355 e. The standard InChI is InChI=1S/C16H12BrNO/c17-11-14-15(12-7-3-1-4-8-12)18-19-16(14)13-9-5-2-6-10-13/h1-10H,11H2. The molecule has 2 nitrogen and oxygen atoms in total. The third-order valence-corrected chi connectivity index (χ3v) is 3.57. The minimum atomic E-state index is 0.713. The van der Waals surface area contributed by atoms with Crippen LogP contribution in [0, 0.1) is 0 Å². The molecule has 19 heavy (non-hydrogen) atoms. The molecule has 3 heteroatoms. The van der Waals surface area contributed by atoms with Crippen LogP contribution >= 0.6 is 15.9 Å². The summed E-state index contributed by atoms with van der Waals surface area (Å²) in [6, 6.07) is 20.1. The highest BCUT2D eigenvalue weighted by molar-refractivity contribution is 9.08. The number of hydrogen-bond donors (Lipinski definition) is 0. The van der Waals surface area contributed by atoms with E-state index >= 15 is 0 Å². The van der Waals surface area contributed by atoms with E-state index in [0.717, 1.165) is 28.1 Å². The number of halogens is 1. The second kappa shape index (κ2) is 5.41. The molecule has 0 spiro atoms. The number of benzene rings is 2. The first-order valence-electron chi connectivity index (χ1n) is 6.05. The van der Waals surface area contributed by atoms with Crippen molar-refractivity contribution in [1.29, 1.82) is 0 Å². The van der Waals surface area contributed by atoms with E-state index in [-0.39, 0.29) is 0 Å².